The summed E-state index contributed by atoms with van der Waals surface area (Å²) in [7, 11) is 1.58. The number of hydrazine groups is 1. The van der Waals surface area contributed by atoms with Gasteiger partial charge >= 0.3 is 0 Å². The number of rotatable bonds is 5. The first-order valence-corrected chi connectivity index (χ1v) is 6.71. The highest BCUT2D eigenvalue weighted by atomic mass is 19.3. The minimum atomic E-state index is -2.61. The van der Waals surface area contributed by atoms with Crippen molar-refractivity contribution in [1.82, 2.24) is 0 Å². The van der Waals surface area contributed by atoms with E-state index in [4.69, 9.17) is 10.6 Å². The Balaban J connectivity index is 2.31. The minimum Gasteiger partial charge on any atom is -0.508 e. The van der Waals surface area contributed by atoms with E-state index in [1.165, 1.54) is 23.2 Å². The lowest BCUT2D eigenvalue weighted by Crippen LogP contribution is -2.27. The Morgan fingerprint density at radius 2 is 2.00 bits per heavy atom. The van der Waals surface area contributed by atoms with Crippen LogP contribution < -0.4 is 15.6 Å². The second-order valence-corrected chi connectivity index (χ2v) is 4.99. The van der Waals surface area contributed by atoms with Gasteiger partial charge in [0.15, 0.2) is 0 Å². The normalized spacial score (nSPS) is 10.8. The van der Waals surface area contributed by atoms with Crippen molar-refractivity contribution in [3.05, 3.63) is 53.1 Å². The van der Waals surface area contributed by atoms with Crippen LogP contribution >= 0.6 is 0 Å². The van der Waals surface area contributed by atoms with Crippen molar-refractivity contribution in [1.29, 1.82) is 0 Å². The molecule has 4 nitrogen and oxygen atoms in total. The Labute approximate surface area is 127 Å². The number of halogens is 2. The molecule has 0 aromatic heterocycles. The van der Waals surface area contributed by atoms with Gasteiger partial charge in [0.1, 0.15) is 18.1 Å². The largest absolute Gasteiger partial charge is 0.508 e. The van der Waals surface area contributed by atoms with Crippen molar-refractivity contribution in [2.24, 2.45) is 5.84 Å². The zero-order chi connectivity index (χ0) is 16.3. The summed E-state index contributed by atoms with van der Waals surface area (Å²) >= 11 is 0. The predicted octanol–water partition coefficient (Wildman–Crippen LogP) is 3.53. The van der Waals surface area contributed by atoms with Gasteiger partial charge in [-0.05, 0) is 36.8 Å². The molecule has 0 fully saturated rings. The van der Waals surface area contributed by atoms with Crippen molar-refractivity contribution >= 4 is 5.69 Å². The average Bonchev–Trinajstić information content (AvgIpc) is 2.45. The smallest absolute Gasteiger partial charge is 0.264 e. The van der Waals surface area contributed by atoms with Gasteiger partial charge in [-0.3, -0.25) is 0 Å². The third-order valence-corrected chi connectivity index (χ3v) is 3.33. The van der Waals surface area contributed by atoms with Crippen molar-refractivity contribution in [3.8, 4) is 11.5 Å². The lowest BCUT2D eigenvalue weighted by atomic mass is 10.1. The van der Waals surface area contributed by atoms with Crippen LogP contribution in [0.15, 0.2) is 36.4 Å². The van der Waals surface area contributed by atoms with Gasteiger partial charge in [-0.15, -0.1) is 0 Å². The molecule has 0 amide bonds. The van der Waals surface area contributed by atoms with E-state index >= 15 is 0 Å². The summed E-state index contributed by atoms with van der Waals surface area (Å²) in [5.74, 6) is 6.35. The summed E-state index contributed by atoms with van der Waals surface area (Å²) in [6.07, 6.45) is -2.61. The molecule has 0 atom stereocenters. The zero-order valence-corrected chi connectivity index (χ0v) is 12.4. The van der Waals surface area contributed by atoms with E-state index in [-0.39, 0.29) is 17.9 Å². The maximum atomic E-state index is 13.2. The molecule has 2 aromatic carbocycles. The van der Waals surface area contributed by atoms with Crippen LogP contribution in [0.2, 0.25) is 0 Å². The lowest BCUT2D eigenvalue weighted by molar-refractivity contribution is 0.148. The van der Waals surface area contributed by atoms with Gasteiger partial charge in [0.05, 0.1) is 5.69 Å². The summed E-state index contributed by atoms with van der Waals surface area (Å²) in [6.45, 7) is 1.73. The molecule has 6 heteroatoms. The summed E-state index contributed by atoms with van der Waals surface area (Å²) in [5.41, 5.74) is 1.44. The molecule has 2 rings (SSSR count). The molecule has 0 spiro atoms. The highest BCUT2D eigenvalue weighted by Gasteiger charge is 2.18. The maximum absolute atomic E-state index is 13.2. The molecule has 0 heterocycles. The van der Waals surface area contributed by atoms with Crippen LogP contribution in [0, 0.1) is 6.92 Å². The average molecular weight is 308 g/mol. The van der Waals surface area contributed by atoms with Crippen LogP contribution in [0.3, 0.4) is 0 Å². The summed E-state index contributed by atoms with van der Waals surface area (Å²) in [6, 6.07) is 9.19. The fourth-order valence-electron chi connectivity index (χ4n) is 2.23. The van der Waals surface area contributed by atoms with E-state index < -0.39 is 6.43 Å². The van der Waals surface area contributed by atoms with Gasteiger partial charge in [0.25, 0.3) is 6.43 Å². The molecule has 22 heavy (non-hydrogen) atoms. The standard InChI is InChI=1S/C16H18F2N2O2/c1-10-8-11(21)6-7-15(10)22-9-13-12(16(17)18)4-3-5-14(13)20(2)19/h3-8,16,21H,9,19H2,1-2H3. The monoisotopic (exact) mass is 308 g/mol. The number of aromatic hydroxyl groups is 1. The molecule has 0 radical (unpaired) electrons. The third kappa shape index (κ3) is 3.46. The van der Waals surface area contributed by atoms with Gasteiger partial charge in [0.2, 0.25) is 0 Å². The Hall–Kier alpha value is -2.34. The second kappa shape index (κ2) is 6.62. The molecule has 0 saturated carbocycles. The van der Waals surface area contributed by atoms with Crippen LogP contribution in [0.25, 0.3) is 0 Å². The Kier molecular flexibility index (Phi) is 4.82. The highest BCUT2D eigenvalue weighted by molar-refractivity contribution is 5.55. The summed E-state index contributed by atoms with van der Waals surface area (Å²) in [4.78, 5) is 0. The number of benzene rings is 2. The molecular formula is C16H18F2N2O2. The van der Waals surface area contributed by atoms with Crippen LogP contribution in [0.5, 0.6) is 11.5 Å². The lowest BCUT2D eigenvalue weighted by Gasteiger charge is -2.20. The topological polar surface area (TPSA) is 58.7 Å². The van der Waals surface area contributed by atoms with Gasteiger partial charge in [0, 0.05) is 18.2 Å². The number of anilines is 1. The number of nitrogens with two attached hydrogens (primary N) is 1. The molecule has 0 saturated heterocycles. The predicted molar refractivity (Wildman–Crippen MR) is 81.2 cm³/mol. The number of nitrogens with zero attached hydrogens (tertiary/aromatic N) is 1. The van der Waals surface area contributed by atoms with E-state index in [1.54, 1.807) is 32.2 Å². The number of phenolic OH excluding ortho intramolecular Hbond substituents is 1. The number of hydrogen-bond acceptors (Lipinski definition) is 4. The van der Waals surface area contributed by atoms with Crippen molar-refractivity contribution in [2.45, 2.75) is 20.0 Å². The molecule has 0 aliphatic rings. The first-order chi connectivity index (χ1) is 10.4. The van der Waals surface area contributed by atoms with E-state index in [0.717, 1.165) is 5.56 Å². The van der Waals surface area contributed by atoms with E-state index in [1.807, 2.05) is 0 Å². The van der Waals surface area contributed by atoms with Crippen LogP contribution in [0.4, 0.5) is 14.5 Å². The summed E-state index contributed by atoms with van der Waals surface area (Å²) in [5, 5.41) is 10.7. The third-order valence-electron chi connectivity index (χ3n) is 3.33. The fraction of sp³-hybridized carbons (Fsp3) is 0.250. The van der Waals surface area contributed by atoms with E-state index in [2.05, 4.69) is 0 Å². The number of aryl methyl sites for hydroxylation is 1. The van der Waals surface area contributed by atoms with Crippen LogP contribution in [0.1, 0.15) is 23.1 Å². The number of phenols is 1. The van der Waals surface area contributed by atoms with Gasteiger partial charge < -0.3 is 14.9 Å². The van der Waals surface area contributed by atoms with Gasteiger partial charge in [-0.1, -0.05) is 12.1 Å². The Morgan fingerprint density at radius 3 is 2.59 bits per heavy atom. The molecule has 3 N–H and O–H groups in total. The van der Waals surface area contributed by atoms with Crippen molar-refractivity contribution < 1.29 is 18.6 Å². The van der Waals surface area contributed by atoms with Crippen LogP contribution in [-0.4, -0.2) is 12.2 Å². The maximum Gasteiger partial charge on any atom is 0.264 e. The Bertz CT molecular complexity index is 634. The first kappa shape index (κ1) is 16.0. The quantitative estimate of drug-likeness (QED) is 0.655. The molecule has 0 aliphatic heterocycles. The first-order valence-electron chi connectivity index (χ1n) is 6.71. The molecule has 0 bridgehead atoms. The highest BCUT2D eigenvalue weighted by Crippen LogP contribution is 2.31. The molecule has 2 aromatic rings. The number of ether oxygens (including phenoxy) is 1. The van der Waals surface area contributed by atoms with Crippen LogP contribution in [-0.2, 0) is 6.61 Å². The van der Waals surface area contributed by atoms with Gasteiger partial charge in [-0.2, -0.15) is 0 Å². The van der Waals surface area contributed by atoms with E-state index in [9.17, 15) is 13.9 Å². The Morgan fingerprint density at radius 1 is 1.27 bits per heavy atom. The SMILES string of the molecule is Cc1cc(O)ccc1OCc1c(C(F)F)cccc1N(C)N. The molecular weight excluding hydrogens is 290 g/mol. The zero-order valence-electron chi connectivity index (χ0n) is 12.4. The number of alkyl halides is 2. The minimum absolute atomic E-state index is 0.0387. The second-order valence-electron chi connectivity index (χ2n) is 4.99. The molecule has 0 unspecified atom stereocenters. The fourth-order valence-corrected chi connectivity index (χ4v) is 2.23. The molecule has 118 valence electrons. The number of hydrogen-bond donors (Lipinski definition) is 2. The van der Waals surface area contributed by atoms with Gasteiger partial charge in [-0.25, -0.2) is 14.6 Å². The van der Waals surface area contributed by atoms with Crippen molar-refractivity contribution in [2.75, 3.05) is 12.1 Å². The molecule has 0 aliphatic carbocycles. The van der Waals surface area contributed by atoms with Crippen molar-refractivity contribution in [3.63, 3.8) is 0 Å². The van der Waals surface area contributed by atoms with E-state index in [0.29, 0.717) is 17.0 Å². The summed E-state index contributed by atoms with van der Waals surface area (Å²) < 4.78 is 32.0.